The van der Waals surface area contributed by atoms with Crippen molar-refractivity contribution in [1.82, 2.24) is 9.97 Å². The molecule has 0 aliphatic carbocycles. The molecule has 0 aliphatic heterocycles. The largest absolute Gasteiger partial charge is 0.396 e. The smallest absolute Gasteiger partial charge is 0.224 e. The lowest BCUT2D eigenvalue weighted by molar-refractivity contribution is 0.127. The number of anilines is 2. The summed E-state index contributed by atoms with van der Waals surface area (Å²) in [7, 11) is 1.67. The summed E-state index contributed by atoms with van der Waals surface area (Å²) in [5.74, 6) is 0.0311. The van der Waals surface area contributed by atoms with E-state index in [1.54, 1.807) is 7.05 Å². The molecular formula is C12H21FN4O. The molecule has 6 heteroatoms. The van der Waals surface area contributed by atoms with Crippen molar-refractivity contribution in [3.05, 3.63) is 12.0 Å². The summed E-state index contributed by atoms with van der Waals surface area (Å²) in [4.78, 5) is 7.78. The van der Waals surface area contributed by atoms with Gasteiger partial charge in [-0.2, -0.15) is 4.98 Å². The standard InChI is InChI=1S/C12H21FN4O/c1-4-12(5-2,8-18)7-16-10-9(13)6-15-11(14-3)17-10/h6,18H,4-5,7-8H2,1-3H3,(H2,14,15,16,17). The van der Waals surface area contributed by atoms with E-state index in [0.29, 0.717) is 12.5 Å². The van der Waals surface area contributed by atoms with Gasteiger partial charge in [-0.3, -0.25) is 0 Å². The van der Waals surface area contributed by atoms with Crippen molar-refractivity contribution in [3.8, 4) is 0 Å². The average molecular weight is 256 g/mol. The van der Waals surface area contributed by atoms with Gasteiger partial charge in [0, 0.05) is 19.0 Å². The van der Waals surface area contributed by atoms with Crippen molar-refractivity contribution in [2.45, 2.75) is 26.7 Å². The summed E-state index contributed by atoms with van der Waals surface area (Å²) in [6.45, 7) is 4.57. The van der Waals surface area contributed by atoms with Crippen LogP contribution in [0.1, 0.15) is 26.7 Å². The lowest BCUT2D eigenvalue weighted by atomic mass is 9.83. The molecule has 18 heavy (non-hydrogen) atoms. The van der Waals surface area contributed by atoms with Crippen LogP contribution in [0.15, 0.2) is 6.20 Å². The Morgan fingerprint density at radius 1 is 1.39 bits per heavy atom. The first-order chi connectivity index (χ1) is 8.60. The molecule has 0 spiro atoms. The summed E-state index contributed by atoms with van der Waals surface area (Å²) in [5.41, 5.74) is -0.239. The van der Waals surface area contributed by atoms with E-state index in [4.69, 9.17) is 0 Å². The Balaban J connectivity index is 2.78. The maximum absolute atomic E-state index is 13.5. The normalized spacial score (nSPS) is 11.4. The monoisotopic (exact) mass is 256 g/mol. The molecule has 0 atom stereocenters. The van der Waals surface area contributed by atoms with Gasteiger partial charge in [0.15, 0.2) is 11.6 Å². The highest BCUT2D eigenvalue weighted by atomic mass is 19.1. The Morgan fingerprint density at radius 2 is 2.06 bits per heavy atom. The summed E-state index contributed by atoms with van der Waals surface area (Å²) < 4.78 is 13.5. The van der Waals surface area contributed by atoms with Crippen molar-refractivity contribution in [2.75, 3.05) is 30.8 Å². The van der Waals surface area contributed by atoms with Crippen LogP contribution in [0.4, 0.5) is 16.2 Å². The van der Waals surface area contributed by atoms with Gasteiger partial charge >= 0.3 is 0 Å². The maximum Gasteiger partial charge on any atom is 0.224 e. The highest BCUT2D eigenvalue weighted by Gasteiger charge is 2.25. The molecule has 0 amide bonds. The second kappa shape index (κ2) is 6.49. The fraction of sp³-hybridized carbons (Fsp3) is 0.667. The molecule has 0 aromatic carbocycles. The van der Waals surface area contributed by atoms with Gasteiger partial charge in [0.2, 0.25) is 5.95 Å². The van der Waals surface area contributed by atoms with Gasteiger partial charge in [0.25, 0.3) is 0 Å². The van der Waals surface area contributed by atoms with Crippen LogP contribution in [0, 0.1) is 11.2 Å². The molecule has 0 radical (unpaired) electrons. The predicted molar refractivity (Wildman–Crippen MR) is 70.1 cm³/mol. The van der Waals surface area contributed by atoms with Gasteiger partial charge in [0.05, 0.1) is 12.8 Å². The molecule has 0 unspecified atom stereocenters. The zero-order valence-electron chi connectivity index (χ0n) is 11.1. The van der Waals surface area contributed by atoms with E-state index >= 15 is 0 Å². The molecular weight excluding hydrogens is 235 g/mol. The molecule has 102 valence electrons. The number of hydrogen-bond donors (Lipinski definition) is 3. The third-order valence-corrected chi connectivity index (χ3v) is 3.43. The Hall–Kier alpha value is -1.43. The molecule has 1 aromatic rings. The predicted octanol–water partition coefficient (Wildman–Crippen LogP) is 1.87. The fourth-order valence-electron chi connectivity index (χ4n) is 1.66. The molecule has 0 fully saturated rings. The molecule has 0 bridgehead atoms. The van der Waals surface area contributed by atoms with E-state index in [1.807, 2.05) is 13.8 Å². The van der Waals surface area contributed by atoms with Gasteiger partial charge in [-0.05, 0) is 12.8 Å². The van der Waals surface area contributed by atoms with Crippen LogP contribution in [0.25, 0.3) is 0 Å². The number of rotatable bonds is 7. The number of nitrogens with one attached hydrogen (secondary N) is 2. The van der Waals surface area contributed by atoms with Crippen LogP contribution in [0.3, 0.4) is 0 Å². The molecule has 0 saturated heterocycles. The maximum atomic E-state index is 13.5. The highest BCUT2D eigenvalue weighted by Crippen LogP contribution is 2.26. The molecule has 1 rings (SSSR count). The minimum atomic E-state index is -0.493. The first kappa shape index (κ1) is 14.6. The first-order valence-corrected chi connectivity index (χ1v) is 6.15. The van der Waals surface area contributed by atoms with E-state index in [-0.39, 0.29) is 17.8 Å². The molecule has 5 nitrogen and oxygen atoms in total. The second-order valence-electron chi connectivity index (χ2n) is 4.36. The van der Waals surface area contributed by atoms with E-state index in [2.05, 4.69) is 20.6 Å². The third kappa shape index (κ3) is 3.29. The second-order valence-corrected chi connectivity index (χ2v) is 4.36. The number of hydrogen-bond acceptors (Lipinski definition) is 5. The Kier molecular flexibility index (Phi) is 5.27. The van der Waals surface area contributed by atoms with Gasteiger partial charge in [0.1, 0.15) is 0 Å². The molecule has 1 heterocycles. The van der Waals surface area contributed by atoms with Crippen molar-refractivity contribution in [3.63, 3.8) is 0 Å². The zero-order valence-corrected chi connectivity index (χ0v) is 11.1. The van der Waals surface area contributed by atoms with E-state index in [1.165, 1.54) is 0 Å². The third-order valence-electron chi connectivity index (χ3n) is 3.43. The quantitative estimate of drug-likeness (QED) is 0.694. The minimum Gasteiger partial charge on any atom is -0.396 e. The lowest BCUT2D eigenvalue weighted by Crippen LogP contribution is -2.32. The van der Waals surface area contributed by atoms with Crippen LogP contribution in [0.5, 0.6) is 0 Å². The molecule has 1 aromatic heterocycles. The summed E-state index contributed by atoms with van der Waals surface area (Å²) in [6.07, 6.45) is 2.76. The lowest BCUT2D eigenvalue weighted by Gasteiger charge is -2.29. The number of aromatic nitrogens is 2. The van der Waals surface area contributed by atoms with E-state index in [0.717, 1.165) is 19.0 Å². The Morgan fingerprint density at radius 3 is 2.56 bits per heavy atom. The summed E-state index contributed by atoms with van der Waals surface area (Å²) >= 11 is 0. The average Bonchev–Trinajstić information content (AvgIpc) is 2.42. The number of aliphatic hydroxyl groups excluding tert-OH is 1. The van der Waals surface area contributed by atoms with E-state index in [9.17, 15) is 9.50 Å². The van der Waals surface area contributed by atoms with Crippen molar-refractivity contribution in [2.24, 2.45) is 5.41 Å². The highest BCUT2D eigenvalue weighted by molar-refractivity contribution is 5.40. The van der Waals surface area contributed by atoms with Crippen molar-refractivity contribution >= 4 is 11.8 Å². The first-order valence-electron chi connectivity index (χ1n) is 6.15. The molecule has 0 saturated carbocycles. The molecule has 0 aliphatic rings. The van der Waals surface area contributed by atoms with Crippen LogP contribution in [-0.2, 0) is 0 Å². The molecule has 3 N–H and O–H groups in total. The van der Waals surface area contributed by atoms with Crippen LogP contribution in [0.2, 0.25) is 0 Å². The van der Waals surface area contributed by atoms with Crippen LogP contribution < -0.4 is 10.6 Å². The van der Waals surface area contributed by atoms with Crippen molar-refractivity contribution < 1.29 is 9.50 Å². The van der Waals surface area contributed by atoms with Crippen LogP contribution >= 0.6 is 0 Å². The van der Waals surface area contributed by atoms with Crippen LogP contribution in [-0.4, -0.2) is 35.3 Å². The number of nitrogens with zero attached hydrogens (tertiary/aromatic N) is 2. The Bertz CT molecular complexity index is 374. The summed E-state index contributed by atoms with van der Waals surface area (Å²) in [5, 5.41) is 15.2. The topological polar surface area (TPSA) is 70.1 Å². The van der Waals surface area contributed by atoms with Gasteiger partial charge in [-0.15, -0.1) is 0 Å². The zero-order chi connectivity index (χ0) is 13.6. The summed E-state index contributed by atoms with van der Waals surface area (Å²) in [6, 6.07) is 0. The Labute approximate surface area is 107 Å². The number of aliphatic hydroxyl groups is 1. The van der Waals surface area contributed by atoms with Crippen molar-refractivity contribution in [1.29, 1.82) is 0 Å². The van der Waals surface area contributed by atoms with Gasteiger partial charge in [-0.1, -0.05) is 13.8 Å². The SMILES string of the molecule is CCC(CC)(CO)CNc1nc(NC)ncc1F. The fourth-order valence-corrected chi connectivity index (χ4v) is 1.66. The van der Waals surface area contributed by atoms with Gasteiger partial charge in [-0.25, -0.2) is 9.37 Å². The van der Waals surface area contributed by atoms with Gasteiger partial charge < -0.3 is 15.7 Å². The van der Waals surface area contributed by atoms with E-state index < -0.39 is 5.82 Å². The minimum absolute atomic E-state index is 0.0680. The number of halogens is 1.